The van der Waals surface area contributed by atoms with Crippen LogP contribution >= 0.6 is 0 Å². The Bertz CT molecular complexity index is 629. The fourth-order valence-electron chi connectivity index (χ4n) is 3.36. The van der Waals surface area contributed by atoms with Crippen molar-refractivity contribution in [2.45, 2.75) is 50.7 Å². The van der Waals surface area contributed by atoms with Crippen molar-refractivity contribution in [1.29, 1.82) is 0 Å². The third-order valence-corrected chi connectivity index (χ3v) is 5.36. The van der Waals surface area contributed by atoms with Crippen LogP contribution in [-0.2, 0) is 0 Å². The largest absolute Gasteiger partial charge is 0.387 e. The summed E-state index contributed by atoms with van der Waals surface area (Å²) < 4.78 is 0. The summed E-state index contributed by atoms with van der Waals surface area (Å²) in [6, 6.07) is 7.72. The first-order valence-electron chi connectivity index (χ1n) is 8.34. The van der Waals surface area contributed by atoms with E-state index in [1.54, 1.807) is 18.7 Å². The average molecular weight is 315 g/mol. The van der Waals surface area contributed by atoms with Crippen LogP contribution in [0.3, 0.4) is 0 Å². The maximum absolute atomic E-state index is 12.6. The molecule has 0 bridgehead atoms. The topological polar surface area (TPSA) is 60.8 Å². The van der Waals surface area contributed by atoms with Gasteiger partial charge in [0.1, 0.15) is 5.60 Å². The smallest absolute Gasteiger partial charge is 0.253 e. The monoisotopic (exact) mass is 315 g/mol. The van der Waals surface area contributed by atoms with Crippen LogP contribution in [0.4, 0.5) is 0 Å². The maximum Gasteiger partial charge on any atom is 0.253 e. The Kier molecular flexibility index (Phi) is 4.07. The fourth-order valence-corrected chi connectivity index (χ4v) is 3.36. The SMILES string of the molecule is C[C@]1(O)CN(C(=O)c2ccc(C3=CCCC3)cc2)CC[C@@]1(C)O. The van der Waals surface area contributed by atoms with Gasteiger partial charge in [0.05, 0.1) is 12.1 Å². The average Bonchev–Trinajstić information content (AvgIpc) is 3.04. The van der Waals surface area contributed by atoms with Crippen molar-refractivity contribution in [1.82, 2.24) is 4.90 Å². The normalized spacial score (nSPS) is 31.1. The maximum atomic E-state index is 12.6. The van der Waals surface area contributed by atoms with E-state index in [1.165, 1.54) is 17.6 Å². The highest BCUT2D eigenvalue weighted by Crippen LogP contribution is 2.32. The first-order chi connectivity index (χ1) is 10.8. The zero-order chi connectivity index (χ0) is 16.7. The molecule has 4 nitrogen and oxygen atoms in total. The minimum absolute atomic E-state index is 0.0901. The predicted octanol–water partition coefficient (Wildman–Crippen LogP) is 2.60. The molecule has 1 fully saturated rings. The van der Waals surface area contributed by atoms with Crippen molar-refractivity contribution in [3.8, 4) is 0 Å². The number of carbonyl (C=O) groups is 1. The number of nitrogens with zero attached hydrogens (tertiary/aromatic N) is 1. The van der Waals surface area contributed by atoms with Gasteiger partial charge in [-0.25, -0.2) is 0 Å². The fraction of sp³-hybridized carbons (Fsp3) is 0.526. The minimum atomic E-state index is -1.30. The van der Waals surface area contributed by atoms with Crippen molar-refractivity contribution < 1.29 is 15.0 Å². The Morgan fingerprint density at radius 3 is 2.39 bits per heavy atom. The molecule has 1 aliphatic carbocycles. The van der Waals surface area contributed by atoms with Crippen LogP contribution in [-0.4, -0.2) is 45.3 Å². The third-order valence-electron chi connectivity index (χ3n) is 5.36. The summed E-state index contributed by atoms with van der Waals surface area (Å²) in [5.41, 5.74) is 0.719. The molecule has 1 heterocycles. The van der Waals surface area contributed by atoms with Crippen molar-refractivity contribution in [3.05, 3.63) is 41.5 Å². The Morgan fingerprint density at radius 1 is 1.13 bits per heavy atom. The highest BCUT2D eigenvalue weighted by Gasteiger charge is 2.47. The zero-order valence-corrected chi connectivity index (χ0v) is 13.9. The number of likely N-dealkylation sites (tertiary alicyclic amines) is 1. The standard InChI is InChI=1S/C19H25NO3/c1-18(22)11-12-20(13-19(18,2)23)17(21)16-9-7-15(8-10-16)14-5-3-4-6-14/h5,7-10,22-23H,3-4,6,11-13H2,1-2H3/t18-,19+/m1/s1. The van der Waals surface area contributed by atoms with E-state index in [-0.39, 0.29) is 12.5 Å². The second-order valence-corrected chi connectivity index (χ2v) is 7.22. The van der Waals surface area contributed by atoms with E-state index in [4.69, 9.17) is 0 Å². The van der Waals surface area contributed by atoms with Crippen LogP contribution in [0, 0.1) is 0 Å². The van der Waals surface area contributed by atoms with Gasteiger partial charge in [0.15, 0.2) is 0 Å². The molecule has 0 spiro atoms. The molecule has 0 aromatic heterocycles. The lowest BCUT2D eigenvalue weighted by Crippen LogP contribution is -2.62. The van der Waals surface area contributed by atoms with Gasteiger partial charge in [-0.2, -0.15) is 0 Å². The molecule has 0 saturated carbocycles. The molecule has 23 heavy (non-hydrogen) atoms. The molecule has 1 aliphatic heterocycles. The van der Waals surface area contributed by atoms with Crippen LogP contribution in [0.25, 0.3) is 5.57 Å². The molecule has 2 aliphatic rings. The number of carbonyl (C=O) groups excluding carboxylic acids is 1. The predicted molar refractivity (Wildman–Crippen MR) is 90.0 cm³/mol. The van der Waals surface area contributed by atoms with Crippen molar-refractivity contribution in [3.63, 3.8) is 0 Å². The summed E-state index contributed by atoms with van der Waals surface area (Å²) >= 11 is 0. The second kappa shape index (κ2) is 5.77. The van der Waals surface area contributed by atoms with Gasteiger partial charge in [-0.05, 0) is 62.8 Å². The number of hydrogen-bond donors (Lipinski definition) is 2. The first-order valence-corrected chi connectivity index (χ1v) is 8.34. The Morgan fingerprint density at radius 2 is 1.83 bits per heavy atom. The van der Waals surface area contributed by atoms with Crippen LogP contribution in [0.5, 0.6) is 0 Å². The lowest BCUT2D eigenvalue weighted by Gasteiger charge is -2.47. The summed E-state index contributed by atoms with van der Waals surface area (Å²) in [5.74, 6) is -0.0901. The molecule has 0 radical (unpaired) electrons. The number of aliphatic hydroxyl groups is 2. The van der Waals surface area contributed by atoms with E-state index in [1.807, 2.05) is 24.3 Å². The zero-order valence-electron chi connectivity index (χ0n) is 13.9. The molecule has 2 atom stereocenters. The summed E-state index contributed by atoms with van der Waals surface area (Å²) in [4.78, 5) is 14.3. The minimum Gasteiger partial charge on any atom is -0.387 e. The molecule has 0 unspecified atom stereocenters. The van der Waals surface area contributed by atoms with Gasteiger partial charge in [-0.3, -0.25) is 4.79 Å². The molecule has 3 rings (SSSR count). The summed E-state index contributed by atoms with van der Waals surface area (Å²) in [6.45, 7) is 3.81. The van der Waals surface area contributed by atoms with E-state index < -0.39 is 11.2 Å². The summed E-state index contributed by atoms with van der Waals surface area (Å²) in [7, 11) is 0. The summed E-state index contributed by atoms with van der Waals surface area (Å²) in [6.07, 6.45) is 6.09. The molecule has 2 N–H and O–H groups in total. The van der Waals surface area contributed by atoms with E-state index in [0.29, 0.717) is 18.5 Å². The number of allylic oxidation sites excluding steroid dienone is 2. The number of hydrogen-bond acceptors (Lipinski definition) is 3. The van der Waals surface area contributed by atoms with Gasteiger partial charge in [-0.1, -0.05) is 18.2 Å². The number of β-amino-alcohol motifs (C(OH)–C–C–N with tert-alkyl or cyclic N) is 1. The van der Waals surface area contributed by atoms with E-state index in [2.05, 4.69) is 6.08 Å². The molecular formula is C19H25NO3. The van der Waals surface area contributed by atoms with Crippen molar-refractivity contribution in [2.24, 2.45) is 0 Å². The Hall–Kier alpha value is -1.65. The van der Waals surface area contributed by atoms with Crippen molar-refractivity contribution >= 4 is 11.5 Å². The highest BCUT2D eigenvalue weighted by atomic mass is 16.4. The van der Waals surface area contributed by atoms with Crippen LogP contribution in [0.2, 0.25) is 0 Å². The summed E-state index contributed by atoms with van der Waals surface area (Å²) in [5, 5.41) is 20.6. The van der Waals surface area contributed by atoms with Gasteiger partial charge >= 0.3 is 0 Å². The molecule has 1 saturated heterocycles. The third kappa shape index (κ3) is 3.06. The van der Waals surface area contributed by atoms with Gasteiger partial charge in [0, 0.05) is 12.1 Å². The first kappa shape index (κ1) is 16.2. The van der Waals surface area contributed by atoms with Crippen molar-refractivity contribution in [2.75, 3.05) is 13.1 Å². The van der Waals surface area contributed by atoms with Crippen LogP contribution in [0.15, 0.2) is 30.3 Å². The van der Waals surface area contributed by atoms with E-state index in [0.717, 1.165) is 12.8 Å². The van der Waals surface area contributed by atoms with Crippen LogP contribution in [0.1, 0.15) is 55.5 Å². The quantitative estimate of drug-likeness (QED) is 0.882. The molecule has 1 aromatic carbocycles. The lowest BCUT2D eigenvalue weighted by atomic mass is 9.79. The van der Waals surface area contributed by atoms with E-state index >= 15 is 0 Å². The number of rotatable bonds is 2. The molecular weight excluding hydrogens is 290 g/mol. The molecule has 1 amide bonds. The van der Waals surface area contributed by atoms with Gasteiger partial charge in [0.2, 0.25) is 0 Å². The Labute approximate surface area is 137 Å². The lowest BCUT2D eigenvalue weighted by molar-refractivity contribution is -0.163. The number of amides is 1. The van der Waals surface area contributed by atoms with Gasteiger partial charge in [-0.15, -0.1) is 0 Å². The Balaban J connectivity index is 1.73. The number of benzene rings is 1. The van der Waals surface area contributed by atoms with E-state index in [9.17, 15) is 15.0 Å². The second-order valence-electron chi connectivity index (χ2n) is 7.22. The van der Waals surface area contributed by atoms with Crippen LogP contribution < -0.4 is 0 Å². The van der Waals surface area contributed by atoms with Gasteiger partial charge < -0.3 is 15.1 Å². The van der Waals surface area contributed by atoms with Gasteiger partial charge in [0.25, 0.3) is 5.91 Å². The molecule has 124 valence electrons. The molecule has 4 heteroatoms. The highest BCUT2D eigenvalue weighted by molar-refractivity contribution is 5.94. The molecule has 1 aromatic rings. The number of piperidine rings is 1.